The first-order chi connectivity index (χ1) is 11.1. The molecular formula is C17H18Cl2N2OS. The zero-order valence-electron chi connectivity index (χ0n) is 12.7. The van der Waals surface area contributed by atoms with E-state index in [2.05, 4.69) is 5.32 Å². The Labute approximate surface area is 150 Å². The molecule has 1 amide bonds. The molecule has 0 bridgehead atoms. The number of nitrogens with zero attached hydrogens (tertiary/aromatic N) is 1. The molecule has 0 saturated carbocycles. The van der Waals surface area contributed by atoms with Crippen molar-refractivity contribution in [3.63, 3.8) is 0 Å². The number of carbonyl (C=O) groups excluding carboxylic acids is 1. The summed E-state index contributed by atoms with van der Waals surface area (Å²) in [5, 5.41) is 5.00. The van der Waals surface area contributed by atoms with Crippen LogP contribution in [0.4, 0.5) is 0 Å². The third kappa shape index (κ3) is 4.25. The van der Waals surface area contributed by atoms with E-state index in [0.29, 0.717) is 22.2 Å². The Hall–Kier alpha value is -1.10. The Morgan fingerprint density at radius 3 is 2.87 bits per heavy atom. The van der Waals surface area contributed by atoms with Gasteiger partial charge in [-0.2, -0.15) is 0 Å². The molecule has 1 aliphatic carbocycles. The molecule has 0 aliphatic heterocycles. The molecule has 0 atom stereocenters. The second kappa shape index (κ2) is 7.65. The highest BCUT2D eigenvalue weighted by Crippen LogP contribution is 2.27. The van der Waals surface area contributed by atoms with E-state index in [1.54, 1.807) is 18.2 Å². The lowest BCUT2D eigenvalue weighted by atomic mass is 10.0. The lowest BCUT2D eigenvalue weighted by Gasteiger charge is -2.06. The number of halogens is 2. The predicted octanol–water partition coefficient (Wildman–Crippen LogP) is 4.69. The number of rotatable bonds is 5. The molecule has 0 radical (unpaired) electrons. The van der Waals surface area contributed by atoms with E-state index in [1.807, 2.05) is 11.3 Å². The summed E-state index contributed by atoms with van der Waals surface area (Å²) < 4.78 is 0. The molecule has 122 valence electrons. The van der Waals surface area contributed by atoms with Crippen LogP contribution in [0.25, 0.3) is 0 Å². The fraction of sp³-hybridized carbons (Fsp3) is 0.412. The number of amides is 1. The number of carbonyl (C=O) groups is 1. The first-order valence-electron chi connectivity index (χ1n) is 7.84. The summed E-state index contributed by atoms with van der Waals surface area (Å²) in [6, 6.07) is 4.90. The average molecular weight is 369 g/mol. The molecule has 0 unspecified atom stereocenters. The number of nitrogens with one attached hydrogen (secondary N) is 1. The molecule has 2 aromatic rings. The largest absolute Gasteiger partial charge is 0.352 e. The van der Waals surface area contributed by atoms with Gasteiger partial charge in [0.25, 0.3) is 5.91 Å². The number of hydrogen-bond donors (Lipinski definition) is 1. The smallest absolute Gasteiger partial charge is 0.252 e. The molecule has 1 aliphatic rings. The monoisotopic (exact) mass is 368 g/mol. The summed E-state index contributed by atoms with van der Waals surface area (Å²) in [4.78, 5) is 18.3. The molecule has 0 saturated heterocycles. The van der Waals surface area contributed by atoms with Gasteiger partial charge in [-0.3, -0.25) is 4.79 Å². The second-order valence-corrected chi connectivity index (χ2v) is 7.68. The SMILES string of the molecule is O=C(NCCCc1nc2c(s1)CCCC2)c1ccc(Cl)cc1Cl. The molecule has 3 nitrogen and oxygen atoms in total. The maximum atomic E-state index is 12.1. The Balaban J connectivity index is 1.47. The van der Waals surface area contributed by atoms with Gasteiger partial charge in [0.15, 0.2) is 0 Å². The van der Waals surface area contributed by atoms with Gasteiger partial charge in [-0.05, 0) is 50.3 Å². The van der Waals surface area contributed by atoms with E-state index >= 15 is 0 Å². The van der Waals surface area contributed by atoms with Gasteiger partial charge in [0, 0.05) is 22.9 Å². The predicted molar refractivity (Wildman–Crippen MR) is 95.9 cm³/mol. The van der Waals surface area contributed by atoms with E-state index in [4.69, 9.17) is 28.2 Å². The van der Waals surface area contributed by atoms with Crippen LogP contribution in [-0.2, 0) is 19.3 Å². The quantitative estimate of drug-likeness (QED) is 0.777. The number of fused-ring (bicyclic) bond motifs is 1. The number of hydrogen-bond acceptors (Lipinski definition) is 3. The van der Waals surface area contributed by atoms with E-state index in [9.17, 15) is 4.79 Å². The highest BCUT2D eigenvalue weighted by molar-refractivity contribution is 7.11. The fourth-order valence-corrected chi connectivity index (χ4v) is 4.42. The Morgan fingerprint density at radius 1 is 1.26 bits per heavy atom. The minimum atomic E-state index is -0.162. The normalized spacial score (nSPS) is 13.7. The van der Waals surface area contributed by atoms with Crippen molar-refractivity contribution in [3.8, 4) is 0 Å². The molecule has 0 fully saturated rings. The van der Waals surface area contributed by atoms with Gasteiger partial charge in [-0.25, -0.2) is 4.98 Å². The molecular weight excluding hydrogens is 351 g/mol. The molecule has 1 aromatic heterocycles. The van der Waals surface area contributed by atoms with Crippen LogP contribution in [0.3, 0.4) is 0 Å². The summed E-state index contributed by atoms with van der Waals surface area (Å²) >= 11 is 13.7. The number of thiazole rings is 1. The molecule has 1 heterocycles. The van der Waals surface area contributed by atoms with Crippen molar-refractivity contribution >= 4 is 40.4 Å². The first kappa shape index (κ1) is 16.7. The highest BCUT2D eigenvalue weighted by Gasteiger charge is 2.15. The molecule has 1 aromatic carbocycles. The summed E-state index contributed by atoms with van der Waals surface area (Å²) in [6.45, 7) is 0.613. The lowest BCUT2D eigenvalue weighted by Crippen LogP contribution is -2.25. The van der Waals surface area contributed by atoms with Gasteiger partial charge in [0.1, 0.15) is 0 Å². The van der Waals surface area contributed by atoms with Crippen LogP contribution in [0, 0.1) is 0 Å². The average Bonchev–Trinajstić information content (AvgIpc) is 2.94. The zero-order valence-corrected chi connectivity index (χ0v) is 15.0. The minimum Gasteiger partial charge on any atom is -0.352 e. The molecule has 0 spiro atoms. The van der Waals surface area contributed by atoms with Gasteiger partial charge in [-0.15, -0.1) is 11.3 Å². The minimum absolute atomic E-state index is 0.162. The number of aromatic nitrogens is 1. The van der Waals surface area contributed by atoms with Crippen molar-refractivity contribution in [1.29, 1.82) is 0 Å². The maximum absolute atomic E-state index is 12.1. The molecule has 1 N–H and O–H groups in total. The molecule has 3 rings (SSSR count). The van der Waals surface area contributed by atoms with Gasteiger partial charge in [0.2, 0.25) is 0 Å². The van der Waals surface area contributed by atoms with Crippen LogP contribution in [0.5, 0.6) is 0 Å². The van der Waals surface area contributed by atoms with Crippen LogP contribution in [-0.4, -0.2) is 17.4 Å². The van der Waals surface area contributed by atoms with E-state index in [-0.39, 0.29) is 5.91 Å². The Kier molecular flexibility index (Phi) is 5.57. The van der Waals surface area contributed by atoms with Crippen molar-refractivity contribution in [2.45, 2.75) is 38.5 Å². The standard InChI is InChI=1S/C17H18Cl2N2OS/c18-11-7-8-12(13(19)10-11)17(22)20-9-3-6-16-21-14-4-1-2-5-15(14)23-16/h7-8,10H,1-6,9H2,(H,20,22). The lowest BCUT2D eigenvalue weighted by molar-refractivity contribution is 0.0953. The fourth-order valence-electron chi connectivity index (χ4n) is 2.72. The highest BCUT2D eigenvalue weighted by atomic mass is 35.5. The van der Waals surface area contributed by atoms with Crippen LogP contribution in [0.2, 0.25) is 10.0 Å². The van der Waals surface area contributed by atoms with Crippen LogP contribution in [0.15, 0.2) is 18.2 Å². The summed E-state index contributed by atoms with van der Waals surface area (Å²) in [7, 11) is 0. The first-order valence-corrected chi connectivity index (χ1v) is 9.41. The summed E-state index contributed by atoms with van der Waals surface area (Å²) in [5.41, 5.74) is 1.76. The van der Waals surface area contributed by atoms with Gasteiger partial charge >= 0.3 is 0 Å². The number of aryl methyl sites for hydroxylation is 3. The molecule has 23 heavy (non-hydrogen) atoms. The molecule has 6 heteroatoms. The van der Waals surface area contributed by atoms with Gasteiger partial charge in [0.05, 0.1) is 21.3 Å². The Bertz CT molecular complexity index is 691. The van der Waals surface area contributed by atoms with Crippen LogP contribution >= 0.6 is 34.5 Å². The summed E-state index contributed by atoms with van der Waals surface area (Å²) in [5.74, 6) is -0.162. The van der Waals surface area contributed by atoms with Crippen molar-refractivity contribution in [2.24, 2.45) is 0 Å². The third-order valence-corrected chi connectivity index (χ3v) is 5.68. The van der Waals surface area contributed by atoms with Crippen molar-refractivity contribution in [2.75, 3.05) is 6.54 Å². The van der Waals surface area contributed by atoms with Crippen LogP contribution in [0.1, 0.15) is 45.2 Å². The van der Waals surface area contributed by atoms with E-state index in [1.165, 1.54) is 34.8 Å². The van der Waals surface area contributed by atoms with Gasteiger partial charge < -0.3 is 5.32 Å². The van der Waals surface area contributed by atoms with Crippen molar-refractivity contribution in [3.05, 3.63) is 49.4 Å². The number of benzene rings is 1. The third-order valence-electron chi connectivity index (χ3n) is 3.92. The summed E-state index contributed by atoms with van der Waals surface area (Å²) in [6.07, 6.45) is 6.63. The van der Waals surface area contributed by atoms with E-state index < -0.39 is 0 Å². The topological polar surface area (TPSA) is 42.0 Å². The van der Waals surface area contributed by atoms with Gasteiger partial charge in [-0.1, -0.05) is 23.2 Å². The van der Waals surface area contributed by atoms with E-state index in [0.717, 1.165) is 19.3 Å². The van der Waals surface area contributed by atoms with Crippen molar-refractivity contribution in [1.82, 2.24) is 10.3 Å². The second-order valence-electron chi connectivity index (χ2n) is 5.67. The maximum Gasteiger partial charge on any atom is 0.252 e. The van der Waals surface area contributed by atoms with Crippen LogP contribution < -0.4 is 5.32 Å². The van der Waals surface area contributed by atoms with Crippen molar-refractivity contribution < 1.29 is 4.79 Å². The zero-order chi connectivity index (χ0) is 16.2. The Morgan fingerprint density at radius 2 is 2.09 bits per heavy atom.